The summed E-state index contributed by atoms with van der Waals surface area (Å²) < 4.78 is 11.4. The van der Waals surface area contributed by atoms with Crippen molar-refractivity contribution in [2.24, 2.45) is 4.99 Å². The number of hydrogen-bond donors (Lipinski definition) is 3. The first kappa shape index (κ1) is 29.9. The molecule has 0 aromatic heterocycles. The molecule has 1 aliphatic heterocycles. The summed E-state index contributed by atoms with van der Waals surface area (Å²) in [5.41, 5.74) is 0.184. The van der Waals surface area contributed by atoms with Crippen molar-refractivity contribution < 1.29 is 14.6 Å². The van der Waals surface area contributed by atoms with Gasteiger partial charge in [-0.05, 0) is 33.0 Å². The maximum atomic E-state index is 10.8. The van der Waals surface area contributed by atoms with Crippen molar-refractivity contribution in [3.05, 3.63) is 29.8 Å². The van der Waals surface area contributed by atoms with Gasteiger partial charge in [0.05, 0.1) is 25.4 Å². The number of aliphatic hydroxyl groups is 1. The molecule has 0 radical (unpaired) electrons. The Labute approximate surface area is 217 Å². The Morgan fingerprint density at radius 2 is 1.88 bits per heavy atom. The Hall–Kier alpha value is -1.14. The molecule has 1 fully saturated rings. The first-order valence-corrected chi connectivity index (χ1v) is 11.9. The van der Waals surface area contributed by atoms with Crippen LogP contribution in [0.4, 0.5) is 0 Å². The SMILES string of the molecule is CCNC(=NCc1ccccc1OCCN(CC)CC)NCC(C)(O)CN1CCOCC1.I. The van der Waals surface area contributed by atoms with Crippen molar-refractivity contribution in [1.29, 1.82) is 0 Å². The molecule has 1 saturated heterocycles. The number of nitrogens with one attached hydrogen (secondary N) is 2. The standard InChI is InChI=1S/C24H43N5O3.HI/c1-5-25-23(27-19-24(4,30)20-29-12-15-31-16-13-29)26-18-21-10-8-9-11-22(21)32-17-14-28(6-2)7-3;/h8-11,30H,5-7,12-20H2,1-4H3,(H2,25,26,27);1H. The zero-order valence-electron chi connectivity index (χ0n) is 20.8. The lowest BCUT2D eigenvalue weighted by Gasteiger charge is -2.34. The summed E-state index contributed by atoms with van der Waals surface area (Å²) in [5.74, 6) is 1.56. The van der Waals surface area contributed by atoms with Crippen molar-refractivity contribution in [1.82, 2.24) is 20.4 Å². The molecule has 3 N–H and O–H groups in total. The topological polar surface area (TPSA) is 81.6 Å². The van der Waals surface area contributed by atoms with Crippen LogP contribution >= 0.6 is 24.0 Å². The molecule has 1 unspecified atom stereocenters. The molecule has 1 aliphatic rings. The van der Waals surface area contributed by atoms with E-state index in [9.17, 15) is 5.11 Å². The summed E-state index contributed by atoms with van der Waals surface area (Å²) in [7, 11) is 0. The summed E-state index contributed by atoms with van der Waals surface area (Å²) in [6.45, 7) is 17.3. The molecule has 190 valence electrons. The number of halogens is 1. The summed E-state index contributed by atoms with van der Waals surface area (Å²) in [6.07, 6.45) is 0. The van der Waals surface area contributed by atoms with Crippen LogP contribution in [-0.4, -0.2) is 98.6 Å². The van der Waals surface area contributed by atoms with Crippen molar-refractivity contribution in [2.45, 2.75) is 39.8 Å². The summed E-state index contributed by atoms with van der Waals surface area (Å²) in [4.78, 5) is 9.31. The quantitative estimate of drug-likeness (QED) is 0.188. The fraction of sp³-hybridized carbons (Fsp3) is 0.708. The number of para-hydroxylation sites is 1. The largest absolute Gasteiger partial charge is 0.492 e. The number of benzene rings is 1. The minimum Gasteiger partial charge on any atom is -0.492 e. The van der Waals surface area contributed by atoms with E-state index in [4.69, 9.17) is 14.5 Å². The van der Waals surface area contributed by atoms with Gasteiger partial charge in [0.1, 0.15) is 12.4 Å². The lowest BCUT2D eigenvalue weighted by Crippen LogP contribution is -2.52. The van der Waals surface area contributed by atoms with Crippen LogP contribution in [0.2, 0.25) is 0 Å². The molecule has 1 aromatic carbocycles. The van der Waals surface area contributed by atoms with Gasteiger partial charge in [-0.1, -0.05) is 32.0 Å². The van der Waals surface area contributed by atoms with E-state index < -0.39 is 5.60 Å². The van der Waals surface area contributed by atoms with Gasteiger partial charge >= 0.3 is 0 Å². The second-order valence-electron chi connectivity index (χ2n) is 8.42. The van der Waals surface area contributed by atoms with Gasteiger partial charge in [-0.15, -0.1) is 24.0 Å². The number of likely N-dealkylation sites (N-methyl/N-ethyl adjacent to an activating group) is 1. The first-order chi connectivity index (χ1) is 15.5. The van der Waals surface area contributed by atoms with Crippen molar-refractivity contribution >= 4 is 29.9 Å². The third-order valence-corrected chi connectivity index (χ3v) is 5.59. The molecule has 0 saturated carbocycles. The number of aliphatic imine (C=N–C) groups is 1. The fourth-order valence-corrected chi connectivity index (χ4v) is 3.68. The van der Waals surface area contributed by atoms with Crippen molar-refractivity contribution in [3.63, 3.8) is 0 Å². The summed E-state index contributed by atoms with van der Waals surface area (Å²) >= 11 is 0. The highest BCUT2D eigenvalue weighted by atomic mass is 127. The fourth-order valence-electron chi connectivity index (χ4n) is 3.68. The van der Waals surface area contributed by atoms with E-state index in [0.717, 1.165) is 63.8 Å². The maximum absolute atomic E-state index is 10.8. The molecule has 1 atom stereocenters. The van der Waals surface area contributed by atoms with E-state index in [1.165, 1.54) is 0 Å². The van der Waals surface area contributed by atoms with Crippen LogP contribution in [0.5, 0.6) is 5.75 Å². The van der Waals surface area contributed by atoms with Gasteiger partial charge in [0.25, 0.3) is 0 Å². The molecule has 0 spiro atoms. The predicted octanol–water partition coefficient (Wildman–Crippen LogP) is 2.16. The second kappa shape index (κ2) is 16.5. The van der Waals surface area contributed by atoms with Gasteiger partial charge in [0, 0.05) is 44.8 Å². The third-order valence-electron chi connectivity index (χ3n) is 5.59. The average Bonchev–Trinajstić information content (AvgIpc) is 2.79. The molecule has 0 bridgehead atoms. The van der Waals surface area contributed by atoms with E-state index in [0.29, 0.717) is 32.2 Å². The molecule has 0 aliphatic carbocycles. The smallest absolute Gasteiger partial charge is 0.191 e. The Morgan fingerprint density at radius 1 is 1.18 bits per heavy atom. The predicted molar refractivity (Wildman–Crippen MR) is 146 cm³/mol. The molecule has 1 aromatic rings. The number of hydrogen-bond acceptors (Lipinski definition) is 6. The van der Waals surface area contributed by atoms with Crippen LogP contribution in [0.25, 0.3) is 0 Å². The second-order valence-corrected chi connectivity index (χ2v) is 8.42. The molecule has 33 heavy (non-hydrogen) atoms. The highest BCUT2D eigenvalue weighted by Gasteiger charge is 2.25. The molecule has 1 heterocycles. The summed E-state index contributed by atoms with van der Waals surface area (Å²) in [6, 6.07) is 8.05. The molecule has 8 nitrogen and oxygen atoms in total. The zero-order chi connectivity index (χ0) is 23.2. The van der Waals surface area contributed by atoms with E-state index in [2.05, 4.69) is 34.3 Å². The van der Waals surface area contributed by atoms with Crippen molar-refractivity contribution in [3.8, 4) is 5.75 Å². The lowest BCUT2D eigenvalue weighted by atomic mass is 10.1. The lowest BCUT2D eigenvalue weighted by molar-refractivity contribution is -0.0201. The van der Waals surface area contributed by atoms with Crippen LogP contribution in [0.1, 0.15) is 33.3 Å². The number of nitrogens with zero attached hydrogens (tertiary/aromatic N) is 3. The number of morpholine rings is 1. The van der Waals surface area contributed by atoms with Gasteiger partial charge in [-0.2, -0.15) is 0 Å². The molecular weight excluding hydrogens is 533 g/mol. The van der Waals surface area contributed by atoms with Crippen molar-refractivity contribution in [2.75, 3.05) is 72.2 Å². The first-order valence-electron chi connectivity index (χ1n) is 11.9. The van der Waals surface area contributed by atoms with Crippen LogP contribution in [-0.2, 0) is 11.3 Å². The molecule has 0 amide bonds. The minimum atomic E-state index is -0.862. The van der Waals surface area contributed by atoms with E-state index in [-0.39, 0.29) is 24.0 Å². The number of guanidine groups is 1. The Morgan fingerprint density at radius 3 is 2.55 bits per heavy atom. The number of β-amino-alcohol motifs (C(OH)–C–C–N with tert-alkyl or cyclic N) is 1. The normalized spacial score (nSPS) is 16.7. The average molecular weight is 578 g/mol. The number of rotatable bonds is 13. The van der Waals surface area contributed by atoms with E-state index in [1.807, 2.05) is 38.1 Å². The number of ether oxygens (including phenoxy) is 2. The van der Waals surface area contributed by atoms with Gasteiger partial charge < -0.3 is 30.1 Å². The van der Waals surface area contributed by atoms with Crippen LogP contribution in [0.3, 0.4) is 0 Å². The molecular formula is C24H44IN5O3. The summed E-state index contributed by atoms with van der Waals surface area (Å²) in [5, 5.41) is 17.4. The minimum absolute atomic E-state index is 0. The van der Waals surface area contributed by atoms with E-state index in [1.54, 1.807) is 0 Å². The van der Waals surface area contributed by atoms with Gasteiger partial charge in [0.2, 0.25) is 0 Å². The zero-order valence-corrected chi connectivity index (χ0v) is 23.1. The Bertz CT molecular complexity index is 680. The Balaban J connectivity index is 0.00000544. The monoisotopic (exact) mass is 577 g/mol. The molecule has 9 heteroatoms. The maximum Gasteiger partial charge on any atom is 0.191 e. The Kier molecular flexibility index (Phi) is 14.9. The van der Waals surface area contributed by atoms with Crippen LogP contribution in [0, 0.1) is 0 Å². The molecule has 2 rings (SSSR count). The van der Waals surface area contributed by atoms with Gasteiger partial charge in [-0.3, -0.25) is 4.90 Å². The van der Waals surface area contributed by atoms with Crippen LogP contribution in [0.15, 0.2) is 29.3 Å². The highest BCUT2D eigenvalue weighted by molar-refractivity contribution is 14.0. The van der Waals surface area contributed by atoms with Gasteiger partial charge in [0.15, 0.2) is 5.96 Å². The van der Waals surface area contributed by atoms with E-state index >= 15 is 0 Å². The van der Waals surface area contributed by atoms with Gasteiger partial charge in [-0.25, -0.2) is 4.99 Å². The highest BCUT2D eigenvalue weighted by Crippen LogP contribution is 2.19. The van der Waals surface area contributed by atoms with Crippen LogP contribution < -0.4 is 15.4 Å². The third kappa shape index (κ3) is 11.7.